The van der Waals surface area contributed by atoms with E-state index < -0.39 is 0 Å². The molecule has 1 heterocycles. The van der Waals surface area contributed by atoms with Crippen LogP contribution >= 0.6 is 0 Å². The van der Waals surface area contributed by atoms with Crippen LogP contribution in [0.5, 0.6) is 11.5 Å². The summed E-state index contributed by atoms with van der Waals surface area (Å²) < 4.78 is 6.32. The molecule has 2 heteroatoms. The van der Waals surface area contributed by atoms with E-state index in [-0.39, 0.29) is 5.41 Å². The molecule has 0 saturated carbocycles. The van der Waals surface area contributed by atoms with Crippen LogP contribution in [0.25, 0.3) is 0 Å². The van der Waals surface area contributed by atoms with Gasteiger partial charge in [0.1, 0.15) is 0 Å². The second-order valence-corrected chi connectivity index (χ2v) is 7.49. The highest BCUT2D eigenvalue weighted by Crippen LogP contribution is 2.48. The van der Waals surface area contributed by atoms with Gasteiger partial charge in [-0.15, -0.1) is 0 Å². The highest BCUT2D eigenvalue weighted by atomic mass is 16.5. The minimum atomic E-state index is 0.205. The van der Waals surface area contributed by atoms with Crippen molar-refractivity contribution >= 4 is 11.4 Å². The van der Waals surface area contributed by atoms with E-state index in [1.165, 1.54) is 11.1 Å². The van der Waals surface area contributed by atoms with Gasteiger partial charge < -0.3 is 9.64 Å². The van der Waals surface area contributed by atoms with E-state index in [0.29, 0.717) is 5.92 Å². The lowest BCUT2D eigenvalue weighted by Gasteiger charge is -2.33. The van der Waals surface area contributed by atoms with Gasteiger partial charge in [-0.3, -0.25) is 0 Å². The molecular formula is C22H29NO. The molecule has 2 aromatic carbocycles. The van der Waals surface area contributed by atoms with Gasteiger partial charge in [0, 0.05) is 7.05 Å². The van der Waals surface area contributed by atoms with Gasteiger partial charge >= 0.3 is 0 Å². The Balaban J connectivity index is 2.05. The standard InChI is InChI=1S/C22H29NO/c1-7-22(5,8-2)17-10-12-19-21(14-17)24-20-13-16(15(3)4)9-11-18(20)23(19)6/h9-15H,7-8H2,1-6H3. The zero-order valence-corrected chi connectivity index (χ0v) is 15.8. The van der Waals surface area contributed by atoms with E-state index in [1.54, 1.807) is 0 Å². The lowest BCUT2D eigenvalue weighted by Crippen LogP contribution is -2.21. The Bertz CT molecular complexity index is 744. The molecule has 0 fully saturated rings. The minimum absolute atomic E-state index is 0.205. The average Bonchev–Trinajstić information content (AvgIpc) is 2.60. The topological polar surface area (TPSA) is 12.5 Å². The van der Waals surface area contributed by atoms with Gasteiger partial charge in [0.2, 0.25) is 0 Å². The molecule has 1 aliphatic rings. The first-order valence-corrected chi connectivity index (χ1v) is 9.09. The third kappa shape index (κ3) is 2.68. The van der Waals surface area contributed by atoms with Gasteiger partial charge in [0.15, 0.2) is 11.5 Å². The lowest BCUT2D eigenvalue weighted by molar-refractivity contribution is 0.431. The summed E-state index contributed by atoms with van der Waals surface area (Å²) in [4.78, 5) is 2.23. The molecule has 128 valence electrons. The monoisotopic (exact) mass is 323 g/mol. The summed E-state index contributed by atoms with van der Waals surface area (Å²) in [6.45, 7) is 11.3. The third-order valence-electron chi connectivity index (χ3n) is 5.81. The molecule has 2 aromatic rings. The van der Waals surface area contributed by atoms with E-state index in [4.69, 9.17) is 4.74 Å². The van der Waals surface area contributed by atoms with Crippen LogP contribution in [0, 0.1) is 0 Å². The van der Waals surface area contributed by atoms with Crippen molar-refractivity contribution in [3.05, 3.63) is 47.5 Å². The maximum Gasteiger partial charge on any atom is 0.151 e. The summed E-state index contributed by atoms with van der Waals surface area (Å²) in [6, 6.07) is 13.3. The fourth-order valence-corrected chi connectivity index (χ4v) is 3.40. The summed E-state index contributed by atoms with van der Waals surface area (Å²) in [5, 5.41) is 0. The fourth-order valence-electron chi connectivity index (χ4n) is 3.40. The molecule has 0 amide bonds. The molecule has 0 atom stereocenters. The van der Waals surface area contributed by atoms with Crippen LogP contribution in [0.15, 0.2) is 36.4 Å². The maximum absolute atomic E-state index is 6.32. The van der Waals surface area contributed by atoms with Crippen molar-refractivity contribution in [1.82, 2.24) is 0 Å². The first-order chi connectivity index (χ1) is 11.4. The zero-order valence-electron chi connectivity index (χ0n) is 15.8. The number of fused-ring (bicyclic) bond motifs is 2. The van der Waals surface area contributed by atoms with E-state index in [0.717, 1.165) is 35.7 Å². The minimum Gasteiger partial charge on any atom is -0.453 e. The van der Waals surface area contributed by atoms with E-state index in [1.807, 2.05) is 0 Å². The molecule has 24 heavy (non-hydrogen) atoms. The van der Waals surface area contributed by atoms with E-state index >= 15 is 0 Å². The quantitative estimate of drug-likeness (QED) is 0.616. The highest BCUT2D eigenvalue weighted by molar-refractivity contribution is 5.78. The number of benzene rings is 2. The summed E-state index contributed by atoms with van der Waals surface area (Å²) in [6.07, 6.45) is 2.26. The SMILES string of the molecule is CCC(C)(CC)c1ccc2c(c1)Oc1cc(C(C)C)ccc1N2C. The average molecular weight is 323 g/mol. The number of hydrogen-bond acceptors (Lipinski definition) is 2. The highest BCUT2D eigenvalue weighted by Gasteiger charge is 2.27. The molecular weight excluding hydrogens is 294 g/mol. The Morgan fingerprint density at radius 1 is 0.958 bits per heavy atom. The molecule has 0 saturated heterocycles. The van der Waals surface area contributed by atoms with E-state index in [2.05, 4.69) is 83.0 Å². The predicted molar refractivity (Wildman–Crippen MR) is 103 cm³/mol. The summed E-state index contributed by atoms with van der Waals surface area (Å²) >= 11 is 0. The van der Waals surface area contributed by atoms with Gasteiger partial charge in [0.25, 0.3) is 0 Å². The van der Waals surface area contributed by atoms with Gasteiger partial charge in [-0.25, -0.2) is 0 Å². The Morgan fingerprint density at radius 3 is 2.12 bits per heavy atom. The first-order valence-electron chi connectivity index (χ1n) is 9.09. The smallest absolute Gasteiger partial charge is 0.151 e. The molecule has 0 N–H and O–H groups in total. The number of ether oxygens (including phenoxy) is 1. The number of rotatable bonds is 4. The van der Waals surface area contributed by atoms with Crippen LogP contribution in [0.1, 0.15) is 64.5 Å². The van der Waals surface area contributed by atoms with Gasteiger partial charge in [-0.1, -0.05) is 46.8 Å². The Kier molecular flexibility index (Phi) is 4.33. The largest absolute Gasteiger partial charge is 0.453 e. The molecule has 0 radical (unpaired) electrons. The number of anilines is 2. The van der Waals surface area contributed by atoms with Crippen molar-refractivity contribution in [2.24, 2.45) is 0 Å². The van der Waals surface area contributed by atoms with Gasteiger partial charge in [-0.05, 0) is 59.6 Å². The van der Waals surface area contributed by atoms with Crippen LogP contribution in [0.4, 0.5) is 11.4 Å². The van der Waals surface area contributed by atoms with Crippen molar-refractivity contribution in [3.8, 4) is 11.5 Å². The Morgan fingerprint density at radius 2 is 1.54 bits per heavy atom. The summed E-state index contributed by atoms with van der Waals surface area (Å²) in [7, 11) is 2.12. The van der Waals surface area contributed by atoms with Crippen molar-refractivity contribution in [3.63, 3.8) is 0 Å². The van der Waals surface area contributed by atoms with Crippen molar-refractivity contribution in [2.45, 2.75) is 58.8 Å². The molecule has 0 bridgehead atoms. The predicted octanol–water partition coefficient (Wildman–Crippen LogP) is 6.76. The second-order valence-electron chi connectivity index (χ2n) is 7.49. The molecule has 0 aromatic heterocycles. The molecule has 0 spiro atoms. The zero-order chi connectivity index (χ0) is 17.5. The molecule has 2 nitrogen and oxygen atoms in total. The van der Waals surface area contributed by atoms with Crippen molar-refractivity contribution < 1.29 is 4.74 Å². The molecule has 3 rings (SSSR count). The summed E-state index contributed by atoms with van der Waals surface area (Å²) in [5.41, 5.74) is 5.15. The second kappa shape index (κ2) is 6.16. The first kappa shape index (κ1) is 16.9. The maximum atomic E-state index is 6.32. The molecule has 0 aliphatic carbocycles. The van der Waals surface area contributed by atoms with Crippen LogP contribution in [0.2, 0.25) is 0 Å². The molecule has 1 aliphatic heterocycles. The van der Waals surface area contributed by atoms with Crippen molar-refractivity contribution in [1.29, 1.82) is 0 Å². The fraction of sp³-hybridized carbons (Fsp3) is 0.455. The third-order valence-corrected chi connectivity index (χ3v) is 5.81. The van der Waals surface area contributed by atoms with E-state index in [9.17, 15) is 0 Å². The van der Waals surface area contributed by atoms with Crippen molar-refractivity contribution in [2.75, 3.05) is 11.9 Å². The normalized spacial score (nSPS) is 13.5. The molecule has 0 unspecified atom stereocenters. The Hall–Kier alpha value is -1.96. The van der Waals surface area contributed by atoms with Gasteiger partial charge in [0.05, 0.1) is 11.4 Å². The Labute approximate surface area is 146 Å². The van der Waals surface area contributed by atoms with Crippen LogP contribution in [-0.4, -0.2) is 7.05 Å². The van der Waals surface area contributed by atoms with Crippen LogP contribution < -0.4 is 9.64 Å². The number of nitrogens with zero attached hydrogens (tertiary/aromatic N) is 1. The van der Waals surface area contributed by atoms with Crippen LogP contribution in [-0.2, 0) is 5.41 Å². The lowest BCUT2D eigenvalue weighted by atomic mass is 9.77. The van der Waals surface area contributed by atoms with Gasteiger partial charge in [-0.2, -0.15) is 0 Å². The summed E-state index contributed by atoms with van der Waals surface area (Å²) in [5.74, 6) is 2.43. The number of hydrogen-bond donors (Lipinski definition) is 0. The van der Waals surface area contributed by atoms with Crippen LogP contribution in [0.3, 0.4) is 0 Å².